The highest BCUT2D eigenvalue weighted by molar-refractivity contribution is 5.92. The molecule has 0 aliphatic carbocycles. The van der Waals surface area contributed by atoms with Crippen molar-refractivity contribution in [1.82, 2.24) is 19.9 Å². The number of rotatable bonds is 7. The van der Waals surface area contributed by atoms with Crippen molar-refractivity contribution < 1.29 is 22.7 Å². The van der Waals surface area contributed by atoms with Gasteiger partial charge in [0.2, 0.25) is 11.8 Å². The van der Waals surface area contributed by atoms with Crippen LogP contribution in [0.1, 0.15) is 48.9 Å². The molecule has 3 heterocycles. The van der Waals surface area contributed by atoms with Crippen molar-refractivity contribution in [1.29, 1.82) is 0 Å². The van der Waals surface area contributed by atoms with E-state index in [0.29, 0.717) is 35.7 Å². The number of nitrogens with one attached hydrogen (secondary N) is 1. The number of hydrogen-bond donors (Lipinski definition) is 1. The van der Waals surface area contributed by atoms with E-state index in [1.54, 1.807) is 6.92 Å². The molecule has 1 aliphatic rings. The van der Waals surface area contributed by atoms with E-state index in [1.165, 1.54) is 25.6 Å². The standard InChI is InChI=1S/C24H26F3N5O2/c1-14(33)32-10-7-15(8-11-32)19-12-18-21(24(31-19)34-2)29-13-30-23(18)28-9-6-16-4-3-5-17(20(16)25)22(26)27/h3-5,12-13,15,22H,6-11H2,1-2H3,(H,28,29,30). The van der Waals surface area contributed by atoms with Gasteiger partial charge in [0.1, 0.15) is 23.5 Å². The van der Waals surface area contributed by atoms with Crippen LogP contribution in [0.3, 0.4) is 0 Å². The first-order valence-corrected chi connectivity index (χ1v) is 11.1. The van der Waals surface area contributed by atoms with Gasteiger partial charge in [0.25, 0.3) is 6.43 Å². The van der Waals surface area contributed by atoms with Crippen molar-refractivity contribution >= 4 is 22.6 Å². The summed E-state index contributed by atoms with van der Waals surface area (Å²) in [5.74, 6) is 0.254. The zero-order valence-electron chi connectivity index (χ0n) is 19.0. The third-order valence-electron chi connectivity index (χ3n) is 6.19. The molecule has 0 spiro atoms. The molecule has 1 fully saturated rings. The summed E-state index contributed by atoms with van der Waals surface area (Å²) < 4.78 is 45.8. The van der Waals surface area contributed by atoms with Crippen LogP contribution >= 0.6 is 0 Å². The largest absolute Gasteiger partial charge is 0.479 e. The molecular weight excluding hydrogens is 447 g/mol. The summed E-state index contributed by atoms with van der Waals surface area (Å²) in [6.45, 7) is 3.19. The second-order valence-electron chi connectivity index (χ2n) is 8.25. The van der Waals surface area contributed by atoms with Crippen LogP contribution in [0.5, 0.6) is 5.88 Å². The minimum atomic E-state index is -2.86. The molecule has 3 aromatic rings. The lowest BCUT2D eigenvalue weighted by molar-refractivity contribution is -0.129. The molecule has 2 aromatic heterocycles. The second-order valence-corrected chi connectivity index (χ2v) is 8.25. The van der Waals surface area contributed by atoms with Crippen LogP contribution in [0.2, 0.25) is 0 Å². The number of hydrogen-bond acceptors (Lipinski definition) is 6. The summed E-state index contributed by atoms with van der Waals surface area (Å²) in [5.41, 5.74) is 0.985. The quantitative estimate of drug-likeness (QED) is 0.545. The number of carbonyl (C=O) groups excluding carboxylic acids is 1. The van der Waals surface area contributed by atoms with Crippen LogP contribution in [0.15, 0.2) is 30.6 Å². The highest BCUT2D eigenvalue weighted by Gasteiger charge is 2.25. The fraction of sp³-hybridized carbons (Fsp3) is 0.417. The summed E-state index contributed by atoms with van der Waals surface area (Å²) in [6, 6.07) is 5.95. The van der Waals surface area contributed by atoms with Crippen LogP contribution in [-0.2, 0) is 11.2 Å². The number of benzene rings is 1. The molecule has 4 rings (SSSR count). The molecule has 34 heavy (non-hydrogen) atoms. The highest BCUT2D eigenvalue weighted by Crippen LogP contribution is 2.33. The maximum absolute atomic E-state index is 14.4. The number of anilines is 1. The van der Waals surface area contributed by atoms with Gasteiger partial charge in [-0.2, -0.15) is 0 Å². The highest BCUT2D eigenvalue weighted by atomic mass is 19.3. The molecule has 1 amide bonds. The third kappa shape index (κ3) is 4.90. The first-order chi connectivity index (χ1) is 16.4. The molecule has 1 aromatic carbocycles. The van der Waals surface area contributed by atoms with Crippen molar-refractivity contribution in [3.8, 4) is 5.88 Å². The Labute approximate surface area is 195 Å². The van der Waals surface area contributed by atoms with Gasteiger partial charge >= 0.3 is 0 Å². The molecule has 0 radical (unpaired) electrons. The fourth-order valence-corrected chi connectivity index (χ4v) is 4.31. The molecule has 1 aliphatic heterocycles. The summed E-state index contributed by atoms with van der Waals surface area (Å²) >= 11 is 0. The number of aromatic nitrogens is 3. The van der Waals surface area contributed by atoms with Crippen molar-refractivity contribution in [3.63, 3.8) is 0 Å². The van der Waals surface area contributed by atoms with E-state index in [0.717, 1.165) is 24.6 Å². The van der Waals surface area contributed by atoms with Gasteiger partial charge in [0.05, 0.1) is 18.1 Å². The van der Waals surface area contributed by atoms with Gasteiger partial charge in [-0.05, 0) is 30.9 Å². The normalized spacial score (nSPS) is 14.6. The minimum Gasteiger partial charge on any atom is -0.479 e. The van der Waals surface area contributed by atoms with Gasteiger partial charge in [-0.1, -0.05) is 18.2 Å². The van der Waals surface area contributed by atoms with E-state index in [2.05, 4.69) is 20.3 Å². The number of ether oxygens (including phenoxy) is 1. The Morgan fingerprint density at radius 2 is 2.03 bits per heavy atom. The van der Waals surface area contributed by atoms with Crippen molar-refractivity contribution in [2.45, 2.75) is 38.5 Å². The maximum Gasteiger partial charge on any atom is 0.266 e. The Morgan fingerprint density at radius 3 is 2.71 bits per heavy atom. The Balaban J connectivity index is 1.56. The van der Waals surface area contributed by atoms with Gasteiger partial charge < -0.3 is 15.0 Å². The molecule has 7 nitrogen and oxygen atoms in total. The number of halogens is 3. The van der Waals surface area contributed by atoms with E-state index in [9.17, 15) is 18.0 Å². The molecular formula is C24H26F3N5O2. The number of amides is 1. The van der Waals surface area contributed by atoms with E-state index < -0.39 is 17.8 Å². The second kappa shape index (κ2) is 10.2. The van der Waals surface area contributed by atoms with Gasteiger partial charge in [-0.15, -0.1) is 0 Å². The topological polar surface area (TPSA) is 80.2 Å². The first-order valence-electron chi connectivity index (χ1n) is 11.1. The van der Waals surface area contributed by atoms with Crippen LogP contribution in [0.25, 0.3) is 10.9 Å². The van der Waals surface area contributed by atoms with E-state index >= 15 is 0 Å². The van der Waals surface area contributed by atoms with E-state index in [4.69, 9.17) is 4.74 Å². The Bertz CT molecular complexity index is 1180. The Hall–Kier alpha value is -3.43. The van der Waals surface area contributed by atoms with Crippen molar-refractivity contribution in [2.75, 3.05) is 32.1 Å². The minimum absolute atomic E-state index is 0.0675. The van der Waals surface area contributed by atoms with Crippen LogP contribution in [-0.4, -0.2) is 52.5 Å². The zero-order chi connectivity index (χ0) is 24.2. The monoisotopic (exact) mass is 473 g/mol. The predicted octanol–water partition coefficient (Wildman–Crippen LogP) is 4.49. The maximum atomic E-state index is 14.4. The first kappa shape index (κ1) is 23.7. The molecule has 0 atom stereocenters. The number of methoxy groups -OCH3 is 1. The summed E-state index contributed by atoms with van der Waals surface area (Å²) in [5, 5.41) is 3.88. The van der Waals surface area contributed by atoms with Crippen molar-refractivity contribution in [2.24, 2.45) is 0 Å². The summed E-state index contributed by atoms with van der Waals surface area (Å²) in [7, 11) is 1.53. The van der Waals surface area contributed by atoms with Gasteiger partial charge in [0.15, 0.2) is 0 Å². The summed E-state index contributed by atoms with van der Waals surface area (Å²) in [6.07, 6.45) is 0.308. The van der Waals surface area contributed by atoms with Gasteiger partial charge in [-0.25, -0.2) is 28.1 Å². The molecule has 1 N–H and O–H groups in total. The lowest BCUT2D eigenvalue weighted by atomic mass is 9.92. The van der Waals surface area contributed by atoms with Crippen LogP contribution < -0.4 is 10.1 Å². The number of nitrogens with zero attached hydrogens (tertiary/aromatic N) is 4. The average Bonchev–Trinajstić information content (AvgIpc) is 2.84. The third-order valence-corrected chi connectivity index (χ3v) is 6.19. The molecule has 10 heteroatoms. The predicted molar refractivity (Wildman–Crippen MR) is 122 cm³/mol. The van der Waals surface area contributed by atoms with Crippen molar-refractivity contribution in [3.05, 3.63) is 53.2 Å². The van der Waals surface area contributed by atoms with Crippen LogP contribution in [0, 0.1) is 5.82 Å². The summed E-state index contributed by atoms with van der Waals surface area (Å²) in [4.78, 5) is 26.8. The lowest BCUT2D eigenvalue weighted by Crippen LogP contribution is -2.36. The van der Waals surface area contributed by atoms with Crippen LogP contribution in [0.4, 0.5) is 19.0 Å². The number of carbonyl (C=O) groups is 1. The molecule has 0 saturated carbocycles. The number of likely N-dealkylation sites (tertiary alicyclic amines) is 1. The van der Waals surface area contributed by atoms with Gasteiger partial charge in [-0.3, -0.25) is 4.79 Å². The lowest BCUT2D eigenvalue weighted by Gasteiger charge is -2.31. The SMILES string of the molecule is COc1nc(C2CCN(C(C)=O)CC2)cc2c(NCCc3cccc(C(F)F)c3F)ncnc12. The molecule has 0 bridgehead atoms. The average molecular weight is 473 g/mol. The number of alkyl halides is 2. The van der Waals surface area contributed by atoms with E-state index in [-0.39, 0.29) is 30.4 Å². The molecule has 1 saturated heterocycles. The van der Waals surface area contributed by atoms with Gasteiger partial charge in [0, 0.05) is 38.2 Å². The number of fused-ring (bicyclic) bond motifs is 1. The smallest absolute Gasteiger partial charge is 0.266 e. The molecule has 0 unspecified atom stereocenters. The Morgan fingerprint density at radius 1 is 1.26 bits per heavy atom. The zero-order valence-corrected chi connectivity index (χ0v) is 19.0. The number of pyridine rings is 1. The molecule has 180 valence electrons. The Kier molecular flexibility index (Phi) is 7.14. The fourth-order valence-electron chi connectivity index (χ4n) is 4.31. The van der Waals surface area contributed by atoms with E-state index in [1.807, 2.05) is 11.0 Å². The number of piperidine rings is 1.